The zero-order valence-electron chi connectivity index (χ0n) is 46.6. The molecular formula is C47H76N4O38. The maximum atomic E-state index is 13.5. The lowest BCUT2D eigenvalue weighted by molar-refractivity contribution is -0.360. The van der Waals surface area contributed by atoms with Crippen LogP contribution >= 0.6 is 0 Å². The van der Waals surface area contributed by atoms with Crippen molar-refractivity contribution in [2.45, 2.75) is 196 Å². The molecule has 0 aliphatic carbocycles. The van der Waals surface area contributed by atoms with Crippen LogP contribution < -0.4 is 21.3 Å². The number of aliphatic carboxylic acids is 3. The van der Waals surface area contributed by atoms with Crippen molar-refractivity contribution < 1.29 is 189 Å². The van der Waals surface area contributed by atoms with Gasteiger partial charge in [0.1, 0.15) is 124 Å². The molecular weight excluding hydrogens is 1230 g/mol. The zero-order valence-corrected chi connectivity index (χ0v) is 46.6. The molecule has 1 unspecified atom stereocenters. The highest BCUT2D eigenvalue weighted by atomic mass is 16.8. The first-order valence-electron chi connectivity index (χ1n) is 27.0. The Morgan fingerprint density at radius 2 is 0.899 bits per heavy atom. The molecule has 0 bridgehead atoms. The Morgan fingerprint density at radius 3 is 1.27 bits per heavy atom. The predicted octanol–water partition coefficient (Wildman–Crippen LogP) is -16.8. The molecule has 26 N–H and O–H groups in total. The minimum atomic E-state index is -3.65. The smallest absolute Gasteiger partial charge is 0.364 e. The number of carboxylic acid groups (broad SMARTS) is 3. The number of aliphatic hydroxyl groups excluding tert-OH is 19. The van der Waals surface area contributed by atoms with Crippen LogP contribution in [-0.4, -0.2) is 377 Å². The summed E-state index contributed by atoms with van der Waals surface area (Å²) in [6, 6.07) is -8.13. The van der Waals surface area contributed by atoms with Crippen LogP contribution in [0.4, 0.5) is 0 Å². The van der Waals surface area contributed by atoms with Gasteiger partial charge in [-0.3, -0.25) is 19.2 Å². The summed E-state index contributed by atoms with van der Waals surface area (Å²) in [6.45, 7) is -9.97. The molecule has 0 aromatic carbocycles. The van der Waals surface area contributed by atoms with E-state index in [1.54, 1.807) is 0 Å². The summed E-state index contributed by atoms with van der Waals surface area (Å²) >= 11 is 0. The number of amides is 4. The molecule has 0 aromatic heterocycles. The number of rotatable bonds is 29. The van der Waals surface area contributed by atoms with Crippen molar-refractivity contribution in [2.75, 3.05) is 52.9 Å². The fraction of sp³-hybridized carbons (Fsp3) is 0.851. The van der Waals surface area contributed by atoms with Crippen LogP contribution in [0.25, 0.3) is 0 Å². The van der Waals surface area contributed by atoms with E-state index in [0.29, 0.717) is 0 Å². The molecule has 0 spiro atoms. The van der Waals surface area contributed by atoms with Gasteiger partial charge < -0.3 is 176 Å². The second-order valence-corrected chi connectivity index (χ2v) is 21.3. The monoisotopic (exact) mass is 1300 g/mol. The molecule has 4 amide bonds. The van der Waals surface area contributed by atoms with Crippen molar-refractivity contribution in [3.63, 3.8) is 0 Å². The largest absolute Gasteiger partial charge is 0.477 e. The molecule has 0 aromatic rings. The van der Waals surface area contributed by atoms with E-state index in [1.807, 2.05) is 16.0 Å². The van der Waals surface area contributed by atoms with E-state index < -0.39 is 284 Å². The van der Waals surface area contributed by atoms with Crippen molar-refractivity contribution in [3.8, 4) is 0 Å². The number of carbonyl (C=O) groups excluding carboxylic acids is 4. The number of carboxylic acids is 3. The lowest BCUT2D eigenvalue weighted by Crippen LogP contribution is -2.72. The summed E-state index contributed by atoms with van der Waals surface area (Å²) in [4.78, 5) is 89.7. The van der Waals surface area contributed by atoms with E-state index in [9.17, 15) is 146 Å². The van der Waals surface area contributed by atoms with Gasteiger partial charge in [0, 0.05) is 26.2 Å². The molecule has 5 heterocycles. The minimum Gasteiger partial charge on any atom is -0.477 e. The lowest BCUT2D eigenvalue weighted by atomic mass is 9.86. The van der Waals surface area contributed by atoms with Crippen molar-refractivity contribution in [1.82, 2.24) is 21.3 Å². The molecule has 5 saturated heterocycles. The number of ether oxygens (including phenoxy) is 9. The first-order chi connectivity index (χ1) is 41.7. The Kier molecular flexibility index (Phi) is 26.6. The molecule has 89 heavy (non-hydrogen) atoms. The molecule has 512 valence electrons. The number of hydrogen-bond donors (Lipinski definition) is 26. The second-order valence-electron chi connectivity index (χ2n) is 21.3. The van der Waals surface area contributed by atoms with Crippen molar-refractivity contribution in [3.05, 3.63) is 0 Å². The first-order valence-corrected chi connectivity index (χ1v) is 27.0. The van der Waals surface area contributed by atoms with Crippen molar-refractivity contribution >= 4 is 41.5 Å². The van der Waals surface area contributed by atoms with Crippen LogP contribution in [0.3, 0.4) is 0 Å². The highest BCUT2D eigenvalue weighted by molar-refractivity contribution is 5.80. The van der Waals surface area contributed by atoms with Crippen LogP contribution in [0.1, 0.15) is 26.2 Å². The quantitative estimate of drug-likeness (QED) is 0.0331. The zero-order chi connectivity index (χ0) is 66.9. The third-order valence-electron chi connectivity index (χ3n) is 15.2. The Labute approximate surface area is 499 Å². The van der Waals surface area contributed by atoms with E-state index in [-0.39, 0.29) is 0 Å². The van der Waals surface area contributed by atoms with Gasteiger partial charge in [0.15, 0.2) is 12.6 Å². The maximum absolute atomic E-state index is 13.5. The average Bonchev–Trinajstić information content (AvgIpc) is 1.97. The maximum Gasteiger partial charge on any atom is 0.364 e. The van der Waals surface area contributed by atoms with E-state index in [2.05, 4.69) is 5.32 Å². The molecule has 0 saturated carbocycles. The summed E-state index contributed by atoms with van der Waals surface area (Å²) in [5.41, 5.74) is 0. The molecule has 5 fully saturated rings. The summed E-state index contributed by atoms with van der Waals surface area (Å²) in [5.74, 6) is -22.3. The Balaban J connectivity index is 1.51. The average molecular weight is 1310 g/mol. The Morgan fingerprint density at radius 1 is 0.494 bits per heavy atom. The van der Waals surface area contributed by atoms with E-state index in [1.165, 1.54) is 0 Å². The Hall–Kier alpha value is -4.83. The molecule has 5 aliphatic heterocycles. The first kappa shape index (κ1) is 74.9. The second kappa shape index (κ2) is 31.7. The highest BCUT2D eigenvalue weighted by Crippen LogP contribution is 2.41. The molecule has 5 rings (SSSR count). The van der Waals surface area contributed by atoms with Gasteiger partial charge in [-0.25, -0.2) is 14.4 Å². The van der Waals surface area contributed by atoms with Gasteiger partial charge in [-0.15, -0.1) is 0 Å². The SMILES string of the molecule is CC(=O)N[C@H]1C(O)O[C@H](CO[C@]2(C(=O)O)C[C@H](O)[C@@H](NC(=O)CO)[C@H]([C@H](O)[C@@H](CO)O[C@]3(C(=O)O)C[C@H](O)[C@@H](NC(=O)CO)[C@H]([C@H](O)[C@@H](CO)O[C@]4(C(=O)O)C[C@H](O)[C@@H](NC(=O)CO)[C@H]([C@H](O)[C@H](O)CO)O4)O3)O2)[C@H](O)[C@@H]1O[C@@H]1O[C@H](CO)[C@H](O)[C@H](O)[C@H]1O. The van der Waals surface area contributed by atoms with Gasteiger partial charge >= 0.3 is 17.9 Å². The third kappa shape index (κ3) is 16.7. The van der Waals surface area contributed by atoms with Crippen LogP contribution in [0.2, 0.25) is 0 Å². The number of carbonyl (C=O) groups is 7. The molecule has 0 radical (unpaired) electrons. The van der Waals surface area contributed by atoms with E-state index in [4.69, 9.17) is 42.6 Å². The molecule has 42 nitrogen and oxygen atoms in total. The fourth-order valence-electron chi connectivity index (χ4n) is 10.6. The minimum absolute atomic E-state index is 0.896. The number of hydrogen-bond acceptors (Lipinski definition) is 35. The highest BCUT2D eigenvalue weighted by Gasteiger charge is 2.63. The third-order valence-corrected chi connectivity index (χ3v) is 15.2. The van der Waals surface area contributed by atoms with Crippen LogP contribution in [-0.2, 0) is 76.2 Å². The van der Waals surface area contributed by atoms with Gasteiger partial charge in [-0.2, -0.15) is 0 Å². The standard InChI is InChI=1S/C47H76N4O38/c1-13(59)48-28-36(84-41-35(73)34(72)30(68)18(6-53)83-41)33(71)21(82-40(28)74)12-81-45(42(75)76)2-14(60)26(50-23(65)10-57)38(87-45)31(69)19(7-54)86-47(44(79)80)4-16(62)27(51-24(66)11-58)39(89-47)32(70)20(8-55)85-46(43(77)78)3-15(61)25(49-22(64)9-56)37(88-46)29(67)17(63)5-52/h14-21,25-41,52-58,60-63,67-74H,2-12H2,1H3,(H,48,59)(H,49,64)(H,50,65)(H,51,66)(H,75,76)(H,77,78)(H,79,80)/t14-,15-,16-,17+,18+,19+,20+,21+,25+,26+,27+,28+,29+,30-,31+,32+,33-,34-,35+,36+,37+,38+,39+,40?,41-,45+,46+,47+/m0/s1. The van der Waals surface area contributed by atoms with Gasteiger partial charge in [-0.1, -0.05) is 0 Å². The summed E-state index contributed by atoms with van der Waals surface area (Å²) in [5, 5.41) is 243. The van der Waals surface area contributed by atoms with Crippen molar-refractivity contribution in [1.29, 1.82) is 0 Å². The van der Waals surface area contributed by atoms with Crippen LogP contribution in [0.15, 0.2) is 0 Å². The number of nitrogens with one attached hydrogen (secondary N) is 4. The fourth-order valence-corrected chi connectivity index (χ4v) is 10.6. The molecule has 42 heteroatoms. The van der Waals surface area contributed by atoms with Crippen LogP contribution in [0, 0.1) is 0 Å². The molecule has 28 atom stereocenters. The van der Waals surface area contributed by atoms with Crippen LogP contribution in [0.5, 0.6) is 0 Å². The summed E-state index contributed by atoms with van der Waals surface area (Å²) in [7, 11) is 0. The number of aliphatic hydroxyl groups is 19. The summed E-state index contributed by atoms with van der Waals surface area (Å²) < 4.78 is 50.1. The van der Waals surface area contributed by atoms with Gasteiger partial charge in [0.2, 0.25) is 23.6 Å². The van der Waals surface area contributed by atoms with Gasteiger partial charge in [-0.05, 0) is 0 Å². The topological polar surface area (TPSA) is 696 Å². The lowest BCUT2D eigenvalue weighted by Gasteiger charge is -2.51. The van der Waals surface area contributed by atoms with E-state index >= 15 is 0 Å². The predicted molar refractivity (Wildman–Crippen MR) is 269 cm³/mol. The van der Waals surface area contributed by atoms with E-state index in [0.717, 1.165) is 6.92 Å². The van der Waals surface area contributed by atoms with Gasteiger partial charge in [0.05, 0.1) is 69.5 Å². The Bertz CT molecular complexity index is 2400. The van der Waals surface area contributed by atoms with Gasteiger partial charge in [0.25, 0.3) is 17.4 Å². The van der Waals surface area contributed by atoms with Crippen molar-refractivity contribution in [2.24, 2.45) is 0 Å². The summed E-state index contributed by atoms with van der Waals surface area (Å²) in [6.07, 6.45) is -52.8. The molecule has 5 aliphatic rings. The normalized spacial score (nSPS) is 39.6.